The second kappa shape index (κ2) is 3.34. The van der Waals surface area contributed by atoms with Crippen LogP contribution in [0.1, 0.15) is 0 Å². The lowest BCUT2D eigenvalue weighted by Gasteiger charge is -2.34. The number of thiol groups is 2. The highest BCUT2D eigenvalue weighted by atomic mass is 127. The Bertz CT molecular complexity index is 62.2. The van der Waals surface area contributed by atoms with E-state index in [4.69, 9.17) is 0 Å². The van der Waals surface area contributed by atoms with E-state index in [0.29, 0.717) is 0 Å². The van der Waals surface area contributed by atoms with Crippen molar-refractivity contribution in [1.82, 2.24) is 0 Å². The fourth-order valence-electron chi connectivity index (χ4n) is 0. The highest BCUT2D eigenvalue weighted by Crippen LogP contribution is 2.95. The first kappa shape index (κ1) is 10.6. The topological polar surface area (TPSA) is 0 Å². The molecule has 0 aromatic carbocycles. The molecule has 0 amide bonds. The first-order chi connectivity index (χ1) is 2.81. The Morgan fingerprint density at radius 2 is 1.29 bits per heavy atom. The molecule has 0 radical (unpaired) electrons. The molecule has 0 saturated carbocycles. The van der Waals surface area contributed by atoms with Crippen molar-refractivity contribution < 1.29 is 0 Å². The quantitative estimate of drug-likeness (QED) is 0.331. The number of hydrogen-bond donors (Lipinski definition) is 2. The summed E-state index contributed by atoms with van der Waals surface area (Å²) < 4.78 is -1.33. The molecule has 0 saturated heterocycles. The van der Waals surface area contributed by atoms with Crippen LogP contribution in [0.5, 0.6) is 0 Å². The van der Waals surface area contributed by atoms with Crippen molar-refractivity contribution in [2.75, 3.05) is 5.08 Å². The predicted octanol–water partition coefficient (Wildman–Crippen LogP) is 4.35. The molecule has 0 fully saturated rings. The van der Waals surface area contributed by atoms with E-state index >= 15 is 0 Å². The summed E-state index contributed by atoms with van der Waals surface area (Å²) in [5, 5.41) is 1.01. The normalized spacial score (nSPS) is 18.1. The lowest BCUT2D eigenvalue weighted by atomic mass is 11.9. The highest BCUT2D eigenvalue weighted by Gasteiger charge is 2.23. The van der Waals surface area contributed by atoms with Gasteiger partial charge >= 0.3 is 0 Å². The van der Waals surface area contributed by atoms with Crippen LogP contribution in [0.2, 0.25) is 0 Å². The largest absolute Gasteiger partial charge is 0.169 e. The number of rotatable bonds is 1. The van der Waals surface area contributed by atoms with E-state index < -0.39 is -2.15 Å². The van der Waals surface area contributed by atoms with Crippen LogP contribution in [0, 0.1) is 0 Å². The molecule has 0 atom stereocenters. The smallest absolute Gasteiger partial charge is 0.0360 e. The van der Waals surface area contributed by atoms with E-state index in [0.717, 1.165) is 5.08 Å². The van der Waals surface area contributed by atoms with Gasteiger partial charge in [0, 0.05) is 5.08 Å². The van der Waals surface area contributed by atoms with Gasteiger partial charge < -0.3 is 0 Å². The summed E-state index contributed by atoms with van der Waals surface area (Å²) in [7, 11) is 0. The van der Waals surface area contributed by atoms with Gasteiger partial charge in [-0.2, -0.15) is 12.6 Å². The Morgan fingerprint density at radius 3 is 1.29 bits per heavy atom. The minimum atomic E-state index is -1.33. The van der Waals surface area contributed by atoms with Gasteiger partial charge in [-0.15, -0.1) is -2.15 Å². The van der Waals surface area contributed by atoms with Gasteiger partial charge in [0.25, 0.3) is 0 Å². The second-order valence-corrected chi connectivity index (χ2v) is 62.6. The lowest BCUT2D eigenvalue weighted by Crippen LogP contribution is -1.75. The summed E-state index contributed by atoms with van der Waals surface area (Å²) >= 11 is 14.2. The minimum Gasteiger partial charge on any atom is -0.169 e. The Balaban J connectivity index is 3.83. The van der Waals surface area contributed by atoms with Crippen LogP contribution in [-0.4, -0.2) is 5.08 Å². The van der Waals surface area contributed by atoms with Crippen molar-refractivity contribution in [3.63, 3.8) is 0 Å². The zero-order valence-electron chi connectivity index (χ0n) is 3.11. The molecule has 0 aliphatic heterocycles. The van der Waals surface area contributed by atoms with E-state index in [1.807, 2.05) is 0 Å². The Hall–Kier alpha value is 3.62. The maximum Gasteiger partial charge on any atom is 0.0360 e. The Morgan fingerprint density at radius 1 is 1.14 bits per heavy atom. The van der Waals surface area contributed by atoms with E-state index in [-0.39, 0.29) is 0 Å². The zero-order chi connectivity index (χ0) is 6.15. The summed E-state index contributed by atoms with van der Waals surface area (Å²) in [6.45, 7) is 0. The summed E-state index contributed by atoms with van der Waals surface area (Å²) in [6, 6.07) is 0. The minimum absolute atomic E-state index is 1.01. The molecule has 0 bridgehead atoms. The lowest BCUT2D eigenvalue weighted by molar-refractivity contribution is 2.36. The van der Waals surface area contributed by atoms with Crippen LogP contribution in [0.15, 0.2) is 0 Å². The molecule has 0 nitrogen and oxygen atoms in total. The van der Waals surface area contributed by atoms with Crippen molar-refractivity contribution in [3.8, 4) is 0 Å². The van der Waals surface area contributed by atoms with Crippen LogP contribution in [0.25, 0.3) is 0 Å². The maximum atomic E-state index is 4.21. The van der Waals surface area contributed by atoms with Gasteiger partial charge in [0.2, 0.25) is 0 Å². The zero-order valence-corrected chi connectivity index (χ0v) is 13.5. The predicted molar refractivity (Wildman–Crippen MR) is 78.9 cm³/mol. The molecule has 0 heterocycles. The molecule has 0 spiro atoms. The molecule has 7 heavy (non-hydrogen) atoms. The molecule has 0 rings (SSSR count). The van der Waals surface area contributed by atoms with Gasteiger partial charge in [-0.05, 0) is 84.8 Å². The first-order valence-corrected chi connectivity index (χ1v) is 15.5. The molecule has 0 aromatic heterocycles. The average molecular weight is 588 g/mol. The molecule has 6 heteroatoms. The molecular formula is CH4I4S2. The standard InChI is InChI=1S/CH4I4S2/c2-7(3,4,5)1-6/h6-7H,1H2. The van der Waals surface area contributed by atoms with E-state index in [2.05, 4.69) is 97.5 Å². The molecule has 0 unspecified atom stereocenters. The summed E-state index contributed by atoms with van der Waals surface area (Å²) in [6.07, 6.45) is 0. The first-order valence-electron chi connectivity index (χ1n) is 1.31. The summed E-state index contributed by atoms with van der Waals surface area (Å²) in [4.78, 5) is 0. The summed E-state index contributed by atoms with van der Waals surface area (Å²) in [5.41, 5.74) is 0. The van der Waals surface area contributed by atoms with Gasteiger partial charge in [0.15, 0.2) is 0 Å². The summed E-state index contributed by atoms with van der Waals surface area (Å²) in [5.74, 6) is 0. The van der Waals surface area contributed by atoms with Crippen LogP contribution in [0.3, 0.4) is 0 Å². The maximum absolute atomic E-state index is 4.21. The third-order valence-corrected chi connectivity index (χ3v) is 12.9. The van der Waals surface area contributed by atoms with E-state index in [1.54, 1.807) is 0 Å². The second-order valence-electron chi connectivity index (χ2n) is 1.00. The molecule has 0 aromatic rings. The van der Waals surface area contributed by atoms with E-state index in [9.17, 15) is 0 Å². The van der Waals surface area contributed by atoms with Gasteiger partial charge in [0.05, 0.1) is 0 Å². The fourth-order valence-corrected chi connectivity index (χ4v) is 0. The SMILES string of the molecule is SC[SH](I)(I)(I)I. The van der Waals surface area contributed by atoms with Crippen molar-refractivity contribution in [1.29, 1.82) is 0 Å². The van der Waals surface area contributed by atoms with Crippen LogP contribution in [-0.2, 0) is 0 Å². The third-order valence-electron chi connectivity index (χ3n) is 0.214. The highest BCUT2D eigenvalue weighted by molar-refractivity contribution is 14.6. The van der Waals surface area contributed by atoms with Crippen LogP contribution >= 0.6 is 95.3 Å². The van der Waals surface area contributed by atoms with Crippen molar-refractivity contribution in [2.24, 2.45) is 0 Å². The van der Waals surface area contributed by atoms with Gasteiger partial charge in [-0.3, -0.25) is 0 Å². The molecule has 0 aliphatic carbocycles. The van der Waals surface area contributed by atoms with Crippen molar-refractivity contribution in [2.45, 2.75) is 0 Å². The Labute approximate surface area is 97.8 Å². The monoisotopic (exact) mass is 588 g/mol. The Kier molecular flexibility index (Phi) is 5.07. The molecular weight excluding hydrogens is 584 g/mol. The van der Waals surface area contributed by atoms with Crippen molar-refractivity contribution in [3.05, 3.63) is 0 Å². The van der Waals surface area contributed by atoms with Gasteiger partial charge in [-0.25, -0.2) is 0 Å². The molecule has 0 aliphatic rings. The number of hydrogen-bond acceptors (Lipinski definition) is 1. The van der Waals surface area contributed by atoms with Gasteiger partial charge in [-0.1, -0.05) is 0 Å². The van der Waals surface area contributed by atoms with Crippen LogP contribution in [0.4, 0.5) is 0 Å². The average Bonchev–Trinajstić information content (AvgIpc) is 1.32. The molecule has 48 valence electrons. The van der Waals surface area contributed by atoms with Crippen LogP contribution < -0.4 is 0 Å². The fraction of sp³-hybridized carbons (Fsp3) is 1.00. The van der Waals surface area contributed by atoms with E-state index in [1.165, 1.54) is 0 Å². The van der Waals surface area contributed by atoms with Gasteiger partial charge in [0.1, 0.15) is 0 Å². The molecule has 0 N–H and O–H groups in total. The number of halogens is 4. The third kappa shape index (κ3) is 9.62. The van der Waals surface area contributed by atoms with Crippen molar-refractivity contribution >= 4 is 95.3 Å².